The Bertz CT molecular complexity index is 336. The average molecular weight is 324 g/mol. The molecule has 0 aliphatic rings. The van der Waals surface area contributed by atoms with Gasteiger partial charge in [0.2, 0.25) is 0 Å². The summed E-state index contributed by atoms with van der Waals surface area (Å²) >= 11 is 0. The monoisotopic (exact) mass is 324 g/mol. The maximum absolute atomic E-state index is 8.65. The van der Waals surface area contributed by atoms with Gasteiger partial charge in [0.25, 0.3) is 0 Å². The molecule has 23 heavy (non-hydrogen) atoms. The van der Waals surface area contributed by atoms with E-state index in [-0.39, 0.29) is 11.5 Å². The van der Waals surface area contributed by atoms with E-state index in [1.165, 1.54) is 49.3 Å². The average Bonchev–Trinajstić information content (AvgIpc) is 2.54. The van der Waals surface area contributed by atoms with Crippen molar-refractivity contribution in [2.24, 2.45) is 0 Å². The fraction of sp³-hybridized carbons (Fsp3) is 0.222. The predicted octanol–water partition coefficient (Wildman–Crippen LogP) is 4.72. The van der Waals surface area contributed by atoms with Crippen LogP contribution in [0.5, 0.6) is 11.5 Å². The summed E-state index contributed by atoms with van der Waals surface area (Å²) in [5.74, 6) is 0.339. The van der Waals surface area contributed by atoms with E-state index in [0.29, 0.717) is 0 Å². The minimum absolute atomic E-state index is 0.169. The third-order valence-corrected chi connectivity index (χ3v) is 1.64. The zero-order valence-electron chi connectivity index (χ0n) is 14.0. The quantitative estimate of drug-likeness (QED) is 0.585. The fourth-order valence-corrected chi connectivity index (χ4v) is 0.793. The van der Waals surface area contributed by atoms with Crippen LogP contribution in [0, 0.1) is 0 Å². The van der Waals surface area contributed by atoms with Gasteiger partial charge in [-0.1, -0.05) is 26.3 Å². The van der Waals surface area contributed by atoms with Gasteiger partial charge < -0.3 is 24.4 Å². The molecule has 1 rings (SSSR count). The number of benzene rings is 1. The highest BCUT2D eigenvalue weighted by molar-refractivity contribution is 5.28. The van der Waals surface area contributed by atoms with Crippen LogP contribution < -0.4 is 0 Å². The van der Waals surface area contributed by atoms with Crippen molar-refractivity contribution in [1.82, 2.24) is 0 Å². The second-order valence-electron chi connectivity index (χ2n) is 3.24. The molecule has 0 atom stereocenters. The van der Waals surface area contributed by atoms with Crippen molar-refractivity contribution in [2.45, 2.75) is 13.8 Å². The lowest BCUT2D eigenvalue weighted by molar-refractivity contribution is 0.162. The Labute approximate surface area is 139 Å². The predicted molar refractivity (Wildman–Crippen MR) is 94.9 cm³/mol. The van der Waals surface area contributed by atoms with Crippen molar-refractivity contribution < 1.29 is 24.4 Å². The van der Waals surface area contributed by atoms with E-state index in [9.17, 15) is 0 Å². The second kappa shape index (κ2) is 24.4. The Hall–Kier alpha value is -2.66. The summed E-state index contributed by atoms with van der Waals surface area (Å²) in [7, 11) is 0. The molecule has 1 aromatic rings. The van der Waals surface area contributed by atoms with Gasteiger partial charge in [-0.25, -0.2) is 0 Å². The van der Waals surface area contributed by atoms with Crippen LogP contribution >= 0.6 is 0 Å². The second-order valence-corrected chi connectivity index (χ2v) is 3.24. The first kappa shape index (κ1) is 25.3. The van der Waals surface area contributed by atoms with Crippen LogP contribution in [0.4, 0.5) is 0 Å². The molecule has 0 heterocycles. The molecular formula is C18H28O5. The van der Waals surface area contributed by atoms with E-state index in [2.05, 4.69) is 35.8 Å². The zero-order valence-corrected chi connectivity index (χ0v) is 14.0. The Morgan fingerprint density at radius 2 is 1.00 bits per heavy atom. The maximum atomic E-state index is 8.65. The molecule has 1 aromatic carbocycles. The summed E-state index contributed by atoms with van der Waals surface area (Å²) in [6.45, 7) is 18.7. The van der Waals surface area contributed by atoms with Crippen LogP contribution in [0.15, 0.2) is 75.6 Å². The molecule has 0 aromatic heterocycles. The number of ether oxygens (including phenoxy) is 3. The van der Waals surface area contributed by atoms with Gasteiger partial charge in [0.15, 0.2) is 0 Å². The molecule has 0 amide bonds. The highest BCUT2D eigenvalue weighted by atomic mass is 16.5. The Balaban J connectivity index is -0.000000240. The summed E-state index contributed by atoms with van der Waals surface area (Å²) in [6, 6.07) is 5.70. The first-order valence-corrected chi connectivity index (χ1v) is 6.84. The highest BCUT2D eigenvalue weighted by Crippen LogP contribution is 2.13. The maximum Gasteiger partial charge on any atom is 0.115 e. The zero-order chi connectivity index (χ0) is 18.3. The number of phenolic OH excluding ortho intramolecular Hbond substituents is 2. The number of phenols is 2. The lowest BCUT2D eigenvalue weighted by Crippen LogP contribution is -1.84. The molecule has 130 valence electrons. The Morgan fingerprint density at radius 1 is 0.739 bits per heavy atom. The number of hydrogen-bond donors (Lipinski definition) is 2. The number of hydrogen-bond acceptors (Lipinski definition) is 5. The van der Waals surface area contributed by atoms with Crippen molar-refractivity contribution in [3.63, 3.8) is 0 Å². The SMILES string of the molecule is C=COC=C.C=COC=C.CCOCC.Oc1ccc(O)cc1. The van der Waals surface area contributed by atoms with Gasteiger partial charge in [-0.15, -0.1) is 0 Å². The third-order valence-electron chi connectivity index (χ3n) is 1.64. The van der Waals surface area contributed by atoms with Crippen LogP contribution in [-0.4, -0.2) is 23.4 Å². The van der Waals surface area contributed by atoms with E-state index in [0.717, 1.165) is 13.2 Å². The van der Waals surface area contributed by atoms with Gasteiger partial charge >= 0.3 is 0 Å². The molecule has 0 bridgehead atoms. The largest absolute Gasteiger partial charge is 0.508 e. The molecule has 0 saturated carbocycles. The van der Waals surface area contributed by atoms with Gasteiger partial charge in [0, 0.05) is 13.2 Å². The summed E-state index contributed by atoms with van der Waals surface area (Å²) in [5.41, 5.74) is 0. The minimum atomic E-state index is 0.169. The van der Waals surface area contributed by atoms with E-state index < -0.39 is 0 Å². The lowest BCUT2D eigenvalue weighted by Gasteiger charge is -1.88. The van der Waals surface area contributed by atoms with Gasteiger partial charge in [0.05, 0.1) is 25.0 Å². The first-order valence-electron chi connectivity index (χ1n) is 6.84. The molecule has 0 fully saturated rings. The summed E-state index contributed by atoms with van der Waals surface area (Å²) < 4.78 is 13.6. The van der Waals surface area contributed by atoms with Crippen LogP contribution in [0.25, 0.3) is 0 Å². The highest BCUT2D eigenvalue weighted by Gasteiger charge is 1.84. The first-order chi connectivity index (χ1) is 11.0. The number of rotatable bonds is 6. The smallest absolute Gasteiger partial charge is 0.115 e. The molecule has 0 aliphatic heterocycles. The molecule has 2 N–H and O–H groups in total. The Kier molecular flexibility index (Phi) is 26.8. The van der Waals surface area contributed by atoms with Crippen molar-refractivity contribution >= 4 is 0 Å². The summed E-state index contributed by atoms with van der Waals surface area (Å²) in [6.07, 6.45) is 5.25. The lowest BCUT2D eigenvalue weighted by atomic mass is 10.3. The minimum Gasteiger partial charge on any atom is -0.508 e. The standard InChI is InChI=1S/C6H6O2.C4H10O.2C4H6O/c7-5-1-2-6(8)4-3-5;3*1-3-5-4-2/h1-4,7-8H;3-4H2,1-2H3;2*3-4H,1-2H2. The molecular weight excluding hydrogens is 296 g/mol. The van der Waals surface area contributed by atoms with Gasteiger partial charge in [0.1, 0.15) is 11.5 Å². The normalized spacial score (nSPS) is 7.39. The molecule has 5 nitrogen and oxygen atoms in total. The van der Waals surface area contributed by atoms with Crippen LogP contribution in [0.1, 0.15) is 13.8 Å². The third kappa shape index (κ3) is 32.7. The molecule has 0 saturated heterocycles. The van der Waals surface area contributed by atoms with E-state index in [1.54, 1.807) is 0 Å². The van der Waals surface area contributed by atoms with Crippen molar-refractivity contribution in [3.05, 3.63) is 75.6 Å². The summed E-state index contributed by atoms with van der Waals surface area (Å²) in [5, 5.41) is 17.3. The van der Waals surface area contributed by atoms with Crippen LogP contribution in [0.2, 0.25) is 0 Å². The van der Waals surface area contributed by atoms with Crippen LogP contribution in [0.3, 0.4) is 0 Å². The molecule has 0 spiro atoms. The van der Waals surface area contributed by atoms with Crippen molar-refractivity contribution in [1.29, 1.82) is 0 Å². The van der Waals surface area contributed by atoms with Gasteiger partial charge in [-0.2, -0.15) is 0 Å². The molecule has 0 unspecified atom stereocenters. The van der Waals surface area contributed by atoms with E-state index in [4.69, 9.17) is 14.9 Å². The molecule has 0 aliphatic carbocycles. The Morgan fingerprint density at radius 3 is 1.09 bits per heavy atom. The van der Waals surface area contributed by atoms with Crippen molar-refractivity contribution in [2.75, 3.05) is 13.2 Å². The summed E-state index contributed by atoms with van der Waals surface area (Å²) in [4.78, 5) is 0. The van der Waals surface area contributed by atoms with Gasteiger partial charge in [-0.3, -0.25) is 0 Å². The van der Waals surface area contributed by atoms with Crippen molar-refractivity contribution in [3.8, 4) is 11.5 Å². The van der Waals surface area contributed by atoms with E-state index >= 15 is 0 Å². The molecule has 0 radical (unpaired) electrons. The van der Waals surface area contributed by atoms with Gasteiger partial charge in [-0.05, 0) is 38.1 Å². The topological polar surface area (TPSA) is 68.2 Å². The van der Waals surface area contributed by atoms with Crippen LogP contribution in [-0.2, 0) is 14.2 Å². The molecule has 5 heteroatoms. The fourth-order valence-electron chi connectivity index (χ4n) is 0.793. The van der Waals surface area contributed by atoms with E-state index in [1.807, 2.05) is 13.8 Å². The number of aromatic hydroxyl groups is 2.